The van der Waals surface area contributed by atoms with E-state index in [0.29, 0.717) is 19.3 Å². The largest absolute Gasteiger partial charge is 0.456 e. The van der Waals surface area contributed by atoms with Crippen LogP contribution >= 0.6 is 0 Å². The number of hydrogen-bond donors (Lipinski definition) is 2. The molecule has 0 spiro atoms. The highest BCUT2D eigenvalue weighted by atomic mass is 19.4. The van der Waals surface area contributed by atoms with Crippen LogP contribution in [0.25, 0.3) is 0 Å². The second-order valence-electron chi connectivity index (χ2n) is 8.41. The van der Waals surface area contributed by atoms with Gasteiger partial charge in [-0.25, -0.2) is 4.89 Å². The van der Waals surface area contributed by atoms with Crippen molar-refractivity contribution in [3.05, 3.63) is 11.3 Å². The van der Waals surface area contributed by atoms with E-state index in [2.05, 4.69) is 12.2 Å². The summed E-state index contributed by atoms with van der Waals surface area (Å²) in [7, 11) is 1.59. The average molecular weight is 379 g/mol. The minimum atomic E-state index is -4.63. The zero-order valence-electron chi connectivity index (χ0n) is 15.7. The summed E-state index contributed by atoms with van der Waals surface area (Å²) in [5.74, 6) is -1.60. The monoisotopic (exact) mass is 379 g/mol. The van der Waals surface area contributed by atoms with E-state index >= 15 is 0 Å². The fraction of sp³-hybridized carbons (Fsp3) is 0.889. The van der Waals surface area contributed by atoms with Gasteiger partial charge in [-0.05, 0) is 58.1 Å². The number of likely N-dealkylation sites (N-methyl/N-ethyl adjacent to an activating group) is 1. The van der Waals surface area contributed by atoms with Gasteiger partial charge in [0.2, 0.25) is 12.0 Å². The molecule has 1 aliphatic carbocycles. The van der Waals surface area contributed by atoms with E-state index in [9.17, 15) is 18.4 Å². The molecule has 2 fully saturated rings. The standard InChI is InChI=1S/C18H28F3NO4/c1-10-5-6-13-11(9-22-4)14(18(19,20)21)24-15-17(13,26-23)12(10)7-8-16(2,3)25-15/h10,12-13,15,22-23H,5-9H2,1-4H3/t10-,12?,13+,15-,17?/m1/s1. The first-order valence-corrected chi connectivity index (χ1v) is 9.18. The predicted octanol–water partition coefficient (Wildman–Crippen LogP) is 3.86. The topological polar surface area (TPSA) is 60.0 Å². The number of ether oxygens (including phenoxy) is 2. The van der Waals surface area contributed by atoms with Gasteiger partial charge in [0, 0.05) is 18.4 Å². The molecule has 150 valence electrons. The van der Waals surface area contributed by atoms with Crippen molar-refractivity contribution in [3.63, 3.8) is 0 Å². The van der Waals surface area contributed by atoms with Gasteiger partial charge in [0.15, 0.2) is 5.60 Å². The fourth-order valence-electron chi connectivity index (χ4n) is 5.07. The Balaban J connectivity index is 2.19. The van der Waals surface area contributed by atoms with E-state index in [4.69, 9.17) is 14.4 Å². The molecule has 8 heteroatoms. The molecule has 0 amide bonds. The Morgan fingerprint density at radius 1 is 1.27 bits per heavy atom. The smallest absolute Gasteiger partial charge is 0.449 e. The van der Waals surface area contributed by atoms with Gasteiger partial charge in [-0.1, -0.05) is 6.92 Å². The summed E-state index contributed by atoms with van der Waals surface area (Å²) in [6.45, 7) is 5.73. The van der Waals surface area contributed by atoms with Crippen molar-refractivity contribution < 1.29 is 32.8 Å². The second-order valence-corrected chi connectivity index (χ2v) is 8.41. The Morgan fingerprint density at radius 3 is 2.54 bits per heavy atom. The van der Waals surface area contributed by atoms with Crippen LogP contribution in [-0.2, 0) is 14.4 Å². The first kappa shape index (κ1) is 19.9. The van der Waals surface area contributed by atoms with E-state index in [0.717, 1.165) is 6.42 Å². The Hall–Kier alpha value is -0.830. The van der Waals surface area contributed by atoms with Crippen molar-refractivity contribution in [1.29, 1.82) is 0 Å². The number of allylic oxidation sites excluding steroid dienone is 1. The lowest BCUT2D eigenvalue weighted by Gasteiger charge is -2.55. The third-order valence-corrected chi connectivity index (χ3v) is 6.29. The van der Waals surface area contributed by atoms with Gasteiger partial charge in [0.25, 0.3) is 0 Å². The summed E-state index contributed by atoms with van der Waals surface area (Å²) in [6, 6.07) is 0. The minimum Gasteiger partial charge on any atom is -0.456 e. The zero-order chi connectivity index (χ0) is 19.3. The maximum Gasteiger partial charge on any atom is 0.449 e. The van der Waals surface area contributed by atoms with Gasteiger partial charge >= 0.3 is 6.18 Å². The summed E-state index contributed by atoms with van der Waals surface area (Å²) in [5, 5.41) is 12.8. The molecule has 5 atom stereocenters. The quantitative estimate of drug-likeness (QED) is 0.576. The summed E-state index contributed by atoms with van der Waals surface area (Å²) in [4.78, 5) is 5.05. The molecule has 1 saturated heterocycles. The SMILES string of the molecule is CNCC1=C(C(F)(F)F)O[C@@H]2OC(C)(C)CCC3[C@H](C)CC[C@@H]1C32OO. The highest BCUT2D eigenvalue weighted by molar-refractivity contribution is 5.28. The zero-order valence-corrected chi connectivity index (χ0v) is 15.7. The molecule has 26 heavy (non-hydrogen) atoms. The molecule has 5 nitrogen and oxygen atoms in total. The molecule has 2 aliphatic heterocycles. The molecular weight excluding hydrogens is 351 g/mol. The molecule has 0 bridgehead atoms. The normalized spacial score (nSPS) is 39.8. The molecular formula is C18H28F3NO4. The van der Waals surface area contributed by atoms with Gasteiger partial charge < -0.3 is 14.8 Å². The Kier molecular flexibility index (Phi) is 5.10. The van der Waals surface area contributed by atoms with Crippen molar-refractivity contribution in [2.45, 2.75) is 70.1 Å². The van der Waals surface area contributed by atoms with Gasteiger partial charge in [-0.15, -0.1) is 0 Å². The molecule has 3 aliphatic rings. The maximum absolute atomic E-state index is 13.7. The highest BCUT2D eigenvalue weighted by Crippen LogP contribution is 2.58. The lowest BCUT2D eigenvalue weighted by atomic mass is 9.59. The highest BCUT2D eigenvalue weighted by Gasteiger charge is 2.66. The third kappa shape index (κ3) is 3.04. The number of halogens is 3. The maximum atomic E-state index is 13.7. The van der Waals surface area contributed by atoms with E-state index in [1.807, 2.05) is 13.8 Å². The van der Waals surface area contributed by atoms with Crippen LogP contribution in [0.15, 0.2) is 11.3 Å². The molecule has 2 N–H and O–H groups in total. The van der Waals surface area contributed by atoms with Gasteiger partial charge in [-0.2, -0.15) is 13.2 Å². The first-order chi connectivity index (χ1) is 12.1. The predicted molar refractivity (Wildman–Crippen MR) is 88.1 cm³/mol. The number of hydrogen-bond acceptors (Lipinski definition) is 5. The first-order valence-electron chi connectivity index (χ1n) is 9.18. The second kappa shape index (κ2) is 6.65. The van der Waals surface area contributed by atoms with E-state index in [-0.39, 0.29) is 24.0 Å². The van der Waals surface area contributed by atoms with Crippen LogP contribution in [-0.4, -0.2) is 42.5 Å². The number of nitrogens with one attached hydrogen (secondary N) is 1. The van der Waals surface area contributed by atoms with E-state index in [1.54, 1.807) is 7.05 Å². The summed E-state index contributed by atoms with van der Waals surface area (Å²) < 4.78 is 52.6. The van der Waals surface area contributed by atoms with Crippen molar-refractivity contribution in [3.8, 4) is 0 Å². The molecule has 2 heterocycles. The lowest BCUT2D eigenvalue weighted by Crippen LogP contribution is -2.64. The summed E-state index contributed by atoms with van der Waals surface area (Å²) in [5.41, 5.74) is -1.90. The Labute approximate surface area is 151 Å². The van der Waals surface area contributed by atoms with Gasteiger partial charge in [0.1, 0.15) is 0 Å². The third-order valence-electron chi connectivity index (χ3n) is 6.29. The average Bonchev–Trinajstić information content (AvgIpc) is 2.65. The van der Waals surface area contributed by atoms with Crippen molar-refractivity contribution in [2.24, 2.45) is 17.8 Å². The van der Waals surface area contributed by atoms with Crippen LogP contribution in [0.1, 0.15) is 46.5 Å². The van der Waals surface area contributed by atoms with Crippen LogP contribution in [0.3, 0.4) is 0 Å². The van der Waals surface area contributed by atoms with E-state index < -0.39 is 35.3 Å². The number of alkyl halides is 3. The van der Waals surface area contributed by atoms with Crippen molar-refractivity contribution in [1.82, 2.24) is 5.32 Å². The Morgan fingerprint density at radius 2 is 1.96 bits per heavy atom. The van der Waals surface area contributed by atoms with Gasteiger partial charge in [0.05, 0.1) is 5.60 Å². The van der Waals surface area contributed by atoms with Crippen LogP contribution < -0.4 is 5.32 Å². The van der Waals surface area contributed by atoms with Crippen LogP contribution in [0, 0.1) is 17.8 Å². The van der Waals surface area contributed by atoms with Crippen molar-refractivity contribution >= 4 is 0 Å². The molecule has 0 radical (unpaired) electrons. The fourth-order valence-corrected chi connectivity index (χ4v) is 5.07. The molecule has 2 unspecified atom stereocenters. The summed E-state index contributed by atoms with van der Waals surface area (Å²) >= 11 is 0. The lowest BCUT2D eigenvalue weighted by molar-refractivity contribution is -0.423. The molecule has 0 aromatic rings. The molecule has 1 saturated carbocycles. The number of rotatable bonds is 3. The molecule has 0 aromatic heterocycles. The van der Waals surface area contributed by atoms with E-state index in [1.165, 1.54) is 0 Å². The van der Waals surface area contributed by atoms with Crippen LogP contribution in [0.2, 0.25) is 0 Å². The van der Waals surface area contributed by atoms with Crippen LogP contribution in [0.5, 0.6) is 0 Å². The molecule has 3 rings (SSSR count). The van der Waals surface area contributed by atoms with Crippen LogP contribution in [0.4, 0.5) is 13.2 Å². The molecule has 0 aromatic carbocycles. The minimum absolute atomic E-state index is 0.0157. The van der Waals surface area contributed by atoms with Crippen molar-refractivity contribution in [2.75, 3.05) is 13.6 Å². The van der Waals surface area contributed by atoms with Gasteiger partial charge in [-0.3, -0.25) is 5.26 Å². The Bertz CT molecular complexity index is 577. The summed E-state index contributed by atoms with van der Waals surface area (Å²) in [6.07, 6.45) is -3.34.